The first kappa shape index (κ1) is 8.77. The normalized spacial score (nSPS) is 11.1. The summed E-state index contributed by atoms with van der Waals surface area (Å²) in [5.74, 6) is -0.136. The summed E-state index contributed by atoms with van der Waals surface area (Å²) in [5, 5.41) is 6.97. The van der Waals surface area contributed by atoms with E-state index in [4.69, 9.17) is 5.73 Å². The van der Waals surface area contributed by atoms with Crippen LogP contribution in [0.4, 0.5) is 10.2 Å². The number of nitrogens with two attached hydrogens (primary N) is 1. The molecule has 0 saturated heterocycles. The smallest absolute Gasteiger partial charge is 0.199 e. The number of aromatic amines is 1. The Balaban J connectivity index is 2.27. The van der Waals surface area contributed by atoms with Gasteiger partial charge >= 0.3 is 0 Å². The number of pyridine rings is 1. The van der Waals surface area contributed by atoms with Crippen molar-refractivity contribution in [3.8, 4) is 11.5 Å². The number of rotatable bonds is 1. The number of H-pyrrole nitrogens is 1. The summed E-state index contributed by atoms with van der Waals surface area (Å²) in [4.78, 5) is 10.5. The van der Waals surface area contributed by atoms with Crippen molar-refractivity contribution >= 4 is 16.9 Å². The Morgan fingerprint density at radius 2 is 2.19 bits per heavy atom. The fourth-order valence-electron chi connectivity index (χ4n) is 1.37. The summed E-state index contributed by atoms with van der Waals surface area (Å²) in [7, 11) is 0. The third kappa shape index (κ3) is 1.13. The number of imidazole rings is 1. The van der Waals surface area contributed by atoms with Gasteiger partial charge in [0.2, 0.25) is 0 Å². The molecule has 16 heavy (non-hydrogen) atoms. The van der Waals surface area contributed by atoms with Crippen LogP contribution in [-0.4, -0.2) is 25.3 Å². The van der Waals surface area contributed by atoms with E-state index in [-0.39, 0.29) is 17.0 Å². The van der Waals surface area contributed by atoms with E-state index in [0.717, 1.165) is 6.20 Å². The SMILES string of the molecule is Nc1nonc1-c1nc2c(F)cncc2[nH]1. The Hall–Kier alpha value is -2.51. The molecule has 8 heteroatoms. The summed E-state index contributed by atoms with van der Waals surface area (Å²) in [6.45, 7) is 0. The predicted octanol–water partition coefficient (Wildman–Crippen LogP) is 0.729. The highest BCUT2D eigenvalue weighted by molar-refractivity contribution is 5.79. The van der Waals surface area contributed by atoms with Gasteiger partial charge in [0.1, 0.15) is 5.52 Å². The summed E-state index contributed by atoms with van der Waals surface area (Å²) in [6, 6.07) is 0. The Morgan fingerprint density at radius 3 is 2.88 bits per heavy atom. The molecule has 3 aromatic heterocycles. The molecule has 0 spiro atoms. The lowest BCUT2D eigenvalue weighted by atomic mass is 10.4. The van der Waals surface area contributed by atoms with E-state index in [1.54, 1.807) is 0 Å². The van der Waals surface area contributed by atoms with Gasteiger partial charge in [-0.25, -0.2) is 14.0 Å². The average Bonchev–Trinajstić information content (AvgIpc) is 2.84. The summed E-state index contributed by atoms with van der Waals surface area (Å²) in [6.07, 6.45) is 2.54. The molecule has 0 bridgehead atoms. The lowest BCUT2D eigenvalue weighted by Crippen LogP contribution is -1.89. The zero-order chi connectivity index (χ0) is 11.1. The number of hydrogen-bond acceptors (Lipinski definition) is 6. The number of anilines is 1. The fourth-order valence-corrected chi connectivity index (χ4v) is 1.37. The van der Waals surface area contributed by atoms with Crippen LogP contribution in [0.15, 0.2) is 17.0 Å². The molecule has 3 N–H and O–H groups in total. The van der Waals surface area contributed by atoms with Crippen molar-refractivity contribution in [1.82, 2.24) is 25.3 Å². The van der Waals surface area contributed by atoms with Crippen LogP contribution in [0.25, 0.3) is 22.6 Å². The van der Waals surface area contributed by atoms with Gasteiger partial charge < -0.3 is 10.7 Å². The Bertz CT molecular complexity index is 659. The van der Waals surface area contributed by atoms with Crippen LogP contribution in [0.1, 0.15) is 0 Å². The van der Waals surface area contributed by atoms with Crippen molar-refractivity contribution in [3.63, 3.8) is 0 Å². The third-order valence-corrected chi connectivity index (χ3v) is 2.09. The van der Waals surface area contributed by atoms with Crippen molar-refractivity contribution in [2.45, 2.75) is 0 Å². The number of fused-ring (bicyclic) bond motifs is 1. The van der Waals surface area contributed by atoms with Crippen LogP contribution in [0.2, 0.25) is 0 Å². The van der Waals surface area contributed by atoms with Crippen molar-refractivity contribution < 1.29 is 9.02 Å². The molecule has 0 aliphatic rings. The van der Waals surface area contributed by atoms with E-state index in [1.807, 2.05) is 0 Å². The highest BCUT2D eigenvalue weighted by atomic mass is 19.1. The fraction of sp³-hybridized carbons (Fsp3) is 0. The van der Waals surface area contributed by atoms with Crippen molar-refractivity contribution in [2.75, 3.05) is 5.73 Å². The van der Waals surface area contributed by atoms with Gasteiger partial charge in [-0.2, -0.15) is 0 Å². The van der Waals surface area contributed by atoms with Crippen LogP contribution in [0.5, 0.6) is 0 Å². The van der Waals surface area contributed by atoms with Gasteiger partial charge in [-0.1, -0.05) is 0 Å². The first-order valence-electron chi connectivity index (χ1n) is 4.33. The van der Waals surface area contributed by atoms with Gasteiger partial charge in [-0.15, -0.1) is 0 Å². The quantitative estimate of drug-likeness (QED) is 0.626. The van der Waals surface area contributed by atoms with Crippen LogP contribution in [-0.2, 0) is 0 Å². The lowest BCUT2D eigenvalue weighted by molar-refractivity contribution is 0.310. The molecule has 0 saturated carbocycles. The molecule has 0 unspecified atom stereocenters. The van der Waals surface area contributed by atoms with Gasteiger partial charge in [0.05, 0.1) is 17.9 Å². The molecule has 3 rings (SSSR count). The molecule has 80 valence electrons. The number of nitrogens with zero attached hydrogens (tertiary/aromatic N) is 4. The van der Waals surface area contributed by atoms with Gasteiger partial charge in [0.25, 0.3) is 0 Å². The number of nitrogens with one attached hydrogen (secondary N) is 1. The minimum absolute atomic E-state index is 0.0902. The molecule has 7 nitrogen and oxygen atoms in total. The first-order chi connectivity index (χ1) is 7.75. The summed E-state index contributed by atoms with van der Waals surface area (Å²) < 4.78 is 17.7. The standard InChI is InChI=1S/C8H5FN6O/c9-3-1-11-2-4-5(3)13-8(12-4)6-7(10)15-16-14-6/h1-2H,(H2,10,15)(H,12,13). The van der Waals surface area contributed by atoms with Crippen LogP contribution in [0.3, 0.4) is 0 Å². The number of aromatic nitrogens is 5. The van der Waals surface area contributed by atoms with Crippen LogP contribution >= 0.6 is 0 Å². The molecule has 0 aliphatic carbocycles. The topological polar surface area (TPSA) is 107 Å². The minimum atomic E-state index is -0.518. The largest absolute Gasteiger partial charge is 0.379 e. The first-order valence-corrected chi connectivity index (χ1v) is 4.33. The molecule has 0 fully saturated rings. The minimum Gasteiger partial charge on any atom is -0.379 e. The summed E-state index contributed by atoms with van der Waals surface area (Å²) >= 11 is 0. The second kappa shape index (κ2) is 2.99. The van der Waals surface area contributed by atoms with Gasteiger partial charge in [-0.05, 0) is 10.3 Å². The second-order valence-corrected chi connectivity index (χ2v) is 3.10. The molecule has 0 aliphatic heterocycles. The molecule has 0 amide bonds. The Labute approximate surface area is 87.5 Å². The average molecular weight is 220 g/mol. The van der Waals surface area contributed by atoms with Crippen molar-refractivity contribution in [1.29, 1.82) is 0 Å². The molecule has 0 radical (unpaired) electrons. The highest BCUT2D eigenvalue weighted by Gasteiger charge is 2.15. The zero-order valence-electron chi connectivity index (χ0n) is 7.81. The van der Waals surface area contributed by atoms with Gasteiger partial charge in [-0.3, -0.25) is 4.98 Å². The highest BCUT2D eigenvalue weighted by Crippen LogP contribution is 2.22. The molecule has 3 aromatic rings. The molecule has 0 aromatic carbocycles. The van der Waals surface area contributed by atoms with E-state index in [2.05, 4.69) is 29.9 Å². The summed E-state index contributed by atoms with van der Waals surface area (Å²) in [5.41, 5.74) is 6.37. The third-order valence-electron chi connectivity index (χ3n) is 2.09. The van der Waals surface area contributed by atoms with E-state index in [0.29, 0.717) is 11.3 Å². The maximum Gasteiger partial charge on any atom is 0.199 e. The van der Waals surface area contributed by atoms with Crippen molar-refractivity contribution in [3.05, 3.63) is 18.2 Å². The molecular formula is C8H5FN6O. The Kier molecular flexibility index (Phi) is 1.64. The number of hydrogen-bond donors (Lipinski definition) is 2. The predicted molar refractivity (Wildman–Crippen MR) is 51.6 cm³/mol. The van der Waals surface area contributed by atoms with E-state index in [1.165, 1.54) is 6.20 Å². The van der Waals surface area contributed by atoms with E-state index < -0.39 is 5.82 Å². The number of halogens is 1. The van der Waals surface area contributed by atoms with E-state index >= 15 is 0 Å². The molecule has 3 heterocycles. The van der Waals surface area contributed by atoms with Crippen LogP contribution < -0.4 is 5.73 Å². The van der Waals surface area contributed by atoms with Crippen LogP contribution in [0, 0.1) is 5.82 Å². The molecule has 0 atom stereocenters. The van der Waals surface area contributed by atoms with Gasteiger partial charge in [0.15, 0.2) is 23.2 Å². The Morgan fingerprint density at radius 1 is 1.31 bits per heavy atom. The zero-order valence-corrected chi connectivity index (χ0v) is 7.81. The lowest BCUT2D eigenvalue weighted by Gasteiger charge is -1.86. The van der Waals surface area contributed by atoms with E-state index in [9.17, 15) is 4.39 Å². The second-order valence-electron chi connectivity index (χ2n) is 3.10. The van der Waals surface area contributed by atoms with Gasteiger partial charge in [0, 0.05) is 0 Å². The maximum atomic E-state index is 13.3. The monoisotopic (exact) mass is 220 g/mol. The van der Waals surface area contributed by atoms with Crippen molar-refractivity contribution in [2.24, 2.45) is 0 Å². The maximum absolute atomic E-state index is 13.3. The molecular weight excluding hydrogens is 215 g/mol. The number of nitrogen functional groups attached to an aromatic ring is 1.